The minimum absolute atomic E-state index is 0.0813. The zero-order chi connectivity index (χ0) is 24.6. The topological polar surface area (TPSA) is 118 Å². The molecule has 3 aliphatic heterocycles. The Kier molecular flexibility index (Phi) is 4.65. The van der Waals surface area contributed by atoms with Crippen LogP contribution < -0.4 is 5.32 Å². The van der Waals surface area contributed by atoms with Crippen molar-refractivity contribution in [3.05, 3.63) is 41.2 Å². The number of hydrogen-bond donors (Lipinski definition) is 1. The Morgan fingerprint density at radius 3 is 2.81 bits per heavy atom. The van der Waals surface area contributed by atoms with E-state index in [1.165, 1.54) is 35.3 Å². The van der Waals surface area contributed by atoms with Crippen molar-refractivity contribution in [2.45, 2.75) is 57.5 Å². The van der Waals surface area contributed by atoms with E-state index in [0.29, 0.717) is 35.3 Å². The highest BCUT2D eigenvalue weighted by Crippen LogP contribution is 2.59. The van der Waals surface area contributed by atoms with Crippen LogP contribution in [0.15, 0.2) is 24.4 Å². The van der Waals surface area contributed by atoms with E-state index in [0.717, 1.165) is 36.9 Å². The molecule has 4 atom stereocenters. The summed E-state index contributed by atoms with van der Waals surface area (Å²) in [5.41, 5.74) is 2.57. The molecule has 5 aliphatic rings. The molecule has 0 radical (unpaired) electrons. The Morgan fingerprint density at radius 2 is 2.03 bits per heavy atom. The van der Waals surface area contributed by atoms with Crippen LogP contribution >= 0.6 is 0 Å². The van der Waals surface area contributed by atoms with Gasteiger partial charge in [0.1, 0.15) is 6.04 Å². The van der Waals surface area contributed by atoms with Gasteiger partial charge in [-0.3, -0.25) is 24.5 Å². The monoisotopic (exact) mass is 488 g/mol. The number of rotatable bonds is 3. The van der Waals surface area contributed by atoms with E-state index in [2.05, 4.69) is 15.6 Å². The predicted octanol–water partition coefficient (Wildman–Crippen LogP) is 1.68. The molecule has 1 aromatic carbocycles. The molecular formula is C26H28N6O4. The molecule has 2 saturated carbocycles. The number of likely N-dealkylation sites (tertiary alicyclic amines) is 1. The number of nitrogens with zero attached hydrogens (tertiary/aromatic N) is 5. The van der Waals surface area contributed by atoms with E-state index in [-0.39, 0.29) is 24.1 Å². The zero-order valence-corrected chi connectivity index (χ0v) is 20.0. The molecule has 2 aromatic rings. The van der Waals surface area contributed by atoms with Crippen LogP contribution in [-0.2, 0) is 16.1 Å². The number of benzene rings is 1. The zero-order valence-electron chi connectivity index (χ0n) is 20.0. The Labute approximate surface area is 208 Å². The van der Waals surface area contributed by atoms with Crippen LogP contribution in [0.3, 0.4) is 0 Å². The van der Waals surface area contributed by atoms with Gasteiger partial charge < -0.3 is 9.80 Å². The molecule has 1 aromatic heterocycles. The lowest BCUT2D eigenvalue weighted by molar-refractivity contribution is -0.136. The second-order valence-corrected chi connectivity index (χ2v) is 11.2. The van der Waals surface area contributed by atoms with Gasteiger partial charge >= 0.3 is 0 Å². The van der Waals surface area contributed by atoms with E-state index in [1.54, 1.807) is 12.3 Å². The summed E-state index contributed by atoms with van der Waals surface area (Å²) in [5, 5.41) is 10.7. The third kappa shape index (κ3) is 3.23. The number of imide groups is 1. The van der Waals surface area contributed by atoms with E-state index in [9.17, 15) is 19.2 Å². The molecule has 4 amide bonds. The Bertz CT molecular complexity index is 1320. The van der Waals surface area contributed by atoms with Gasteiger partial charge in [0.2, 0.25) is 11.8 Å². The molecule has 2 bridgehead atoms. The van der Waals surface area contributed by atoms with Crippen LogP contribution in [0.4, 0.5) is 0 Å². The molecule has 2 saturated heterocycles. The highest BCUT2D eigenvalue weighted by Gasteiger charge is 2.54. The fourth-order valence-electron chi connectivity index (χ4n) is 7.46. The second kappa shape index (κ2) is 7.72. The third-order valence-electron chi connectivity index (χ3n) is 9.26. The van der Waals surface area contributed by atoms with Gasteiger partial charge in [-0.25, -0.2) is 4.68 Å². The normalized spacial score (nSPS) is 31.0. The number of carbonyl (C=O) groups is 4. The molecule has 4 heterocycles. The van der Waals surface area contributed by atoms with Gasteiger partial charge in [0.05, 0.1) is 11.9 Å². The maximum Gasteiger partial charge on any atom is 0.276 e. The van der Waals surface area contributed by atoms with Crippen LogP contribution in [0.2, 0.25) is 0 Å². The SMILES string of the molecule is O=C1CCC(N2Cc3ccc(-n4cc(C(=O)N5CCC6(CC7CCC6C7)C5)nn4)cc3C2=O)C(=O)N1. The summed E-state index contributed by atoms with van der Waals surface area (Å²) in [7, 11) is 0. The third-order valence-corrected chi connectivity index (χ3v) is 9.26. The molecule has 2 aliphatic carbocycles. The first-order valence-corrected chi connectivity index (χ1v) is 12.9. The number of fused-ring (bicyclic) bond motifs is 4. The number of aromatic nitrogens is 3. The smallest absolute Gasteiger partial charge is 0.276 e. The molecule has 36 heavy (non-hydrogen) atoms. The fourth-order valence-corrected chi connectivity index (χ4v) is 7.46. The first kappa shape index (κ1) is 21.7. The van der Waals surface area contributed by atoms with Gasteiger partial charge in [0, 0.05) is 31.6 Å². The quantitative estimate of drug-likeness (QED) is 0.657. The standard InChI is InChI=1S/C26H28N6O4/c33-22-6-5-21(23(34)27-22)31-12-16-2-4-18(10-19(16)24(31)35)32-13-20(28-29-32)25(36)30-8-7-26(14-30)11-15-1-3-17(26)9-15/h2,4,10,13,15,17,21H,1,3,5-9,11-12,14H2,(H,27,33,34). The minimum atomic E-state index is -0.652. The Hall–Kier alpha value is -3.56. The van der Waals surface area contributed by atoms with Crippen LogP contribution in [0.25, 0.3) is 5.69 Å². The summed E-state index contributed by atoms with van der Waals surface area (Å²) >= 11 is 0. The highest BCUT2D eigenvalue weighted by molar-refractivity contribution is 6.05. The van der Waals surface area contributed by atoms with Crippen molar-refractivity contribution in [2.75, 3.05) is 13.1 Å². The van der Waals surface area contributed by atoms with Gasteiger partial charge in [-0.15, -0.1) is 5.10 Å². The number of carbonyl (C=O) groups excluding carboxylic acids is 4. The van der Waals surface area contributed by atoms with E-state index >= 15 is 0 Å². The Morgan fingerprint density at radius 1 is 1.14 bits per heavy atom. The first-order valence-electron chi connectivity index (χ1n) is 12.9. The summed E-state index contributed by atoms with van der Waals surface area (Å²) in [4.78, 5) is 53.6. The Balaban J connectivity index is 1.07. The molecule has 4 fully saturated rings. The van der Waals surface area contributed by atoms with Crippen molar-refractivity contribution < 1.29 is 19.2 Å². The number of amides is 4. The summed E-state index contributed by atoms with van der Waals surface area (Å²) in [6, 6.07) is 4.76. The van der Waals surface area contributed by atoms with Gasteiger partial charge in [0.15, 0.2) is 5.69 Å². The first-order chi connectivity index (χ1) is 17.4. The molecule has 10 heteroatoms. The second-order valence-electron chi connectivity index (χ2n) is 11.2. The largest absolute Gasteiger partial charge is 0.337 e. The molecule has 186 valence electrons. The maximum absolute atomic E-state index is 13.2. The fraction of sp³-hybridized carbons (Fsp3) is 0.538. The van der Waals surface area contributed by atoms with E-state index in [1.807, 2.05) is 17.0 Å². The molecule has 7 rings (SSSR count). The van der Waals surface area contributed by atoms with Crippen molar-refractivity contribution in [2.24, 2.45) is 17.3 Å². The molecular weight excluding hydrogens is 460 g/mol. The number of hydrogen-bond acceptors (Lipinski definition) is 6. The number of piperidine rings is 1. The van der Waals surface area contributed by atoms with Crippen molar-refractivity contribution in [3.8, 4) is 5.69 Å². The van der Waals surface area contributed by atoms with Gasteiger partial charge in [-0.2, -0.15) is 0 Å². The van der Waals surface area contributed by atoms with Crippen LogP contribution in [0.5, 0.6) is 0 Å². The summed E-state index contributed by atoms with van der Waals surface area (Å²) in [6.07, 6.45) is 8.51. The molecule has 1 N–H and O–H groups in total. The van der Waals surface area contributed by atoms with Crippen molar-refractivity contribution in [1.29, 1.82) is 0 Å². The predicted molar refractivity (Wildman–Crippen MR) is 126 cm³/mol. The average Bonchev–Trinajstić information content (AvgIpc) is 3.69. The highest BCUT2D eigenvalue weighted by atomic mass is 16.2. The van der Waals surface area contributed by atoms with E-state index in [4.69, 9.17) is 0 Å². The average molecular weight is 489 g/mol. The summed E-state index contributed by atoms with van der Waals surface area (Å²) in [6.45, 7) is 1.92. The maximum atomic E-state index is 13.2. The van der Waals surface area contributed by atoms with Crippen LogP contribution in [-0.4, -0.2) is 67.6 Å². The van der Waals surface area contributed by atoms with Crippen molar-refractivity contribution >= 4 is 23.6 Å². The van der Waals surface area contributed by atoms with Crippen molar-refractivity contribution in [1.82, 2.24) is 30.1 Å². The number of nitrogens with one attached hydrogen (secondary N) is 1. The molecule has 1 spiro atoms. The lowest BCUT2D eigenvalue weighted by atomic mass is 9.72. The van der Waals surface area contributed by atoms with Crippen LogP contribution in [0.1, 0.15) is 71.4 Å². The van der Waals surface area contributed by atoms with Gasteiger partial charge in [0.25, 0.3) is 11.8 Å². The lowest BCUT2D eigenvalue weighted by Gasteiger charge is -2.33. The molecule has 4 unspecified atom stereocenters. The van der Waals surface area contributed by atoms with Crippen LogP contribution in [0, 0.1) is 17.3 Å². The molecule has 10 nitrogen and oxygen atoms in total. The summed E-state index contributed by atoms with van der Waals surface area (Å²) in [5.74, 6) is 0.548. The van der Waals surface area contributed by atoms with Crippen molar-refractivity contribution in [3.63, 3.8) is 0 Å². The van der Waals surface area contributed by atoms with E-state index < -0.39 is 11.9 Å². The summed E-state index contributed by atoms with van der Waals surface area (Å²) < 4.78 is 1.53. The lowest BCUT2D eigenvalue weighted by Crippen LogP contribution is -2.52. The minimum Gasteiger partial charge on any atom is -0.337 e. The van der Waals surface area contributed by atoms with Gasteiger partial charge in [-0.1, -0.05) is 17.7 Å². The van der Waals surface area contributed by atoms with Gasteiger partial charge in [-0.05, 0) is 67.1 Å².